The monoisotopic (exact) mass is 431 g/mol. The molecule has 160 valence electrons. The molecule has 0 fully saturated rings. The number of methoxy groups -OCH3 is 1. The molecule has 0 radical (unpaired) electrons. The number of aromatic nitrogens is 3. The Bertz CT molecular complexity index is 1050. The van der Waals surface area contributed by atoms with Crippen LogP contribution in [0.15, 0.2) is 41.7 Å². The van der Waals surface area contributed by atoms with Gasteiger partial charge in [-0.25, -0.2) is 14.3 Å². The van der Waals surface area contributed by atoms with Gasteiger partial charge in [0.05, 0.1) is 46.5 Å². The molecular formula is C21H25N3O5S. The minimum absolute atomic E-state index is 0.101. The van der Waals surface area contributed by atoms with E-state index in [-0.39, 0.29) is 17.5 Å². The Morgan fingerprint density at radius 2 is 2.00 bits per heavy atom. The fraction of sp³-hybridized carbons (Fsp3) is 0.381. The van der Waals surface area contributed by atoms with Gasteiger partial charge in [-0.2, -0.15) is 0 Å². The average Bonchev–Trinajstić information content (AvgIpc) is 3.13. The molecule has 9 heteroatoms. The molecule has 30 heavy (non-hydrogen) atoms. The Hall–Kier alpha value is -2.78. The summed E-state index contributed by atoms with van der Waals surface area (Å²) in [6.45, 7) is 4.93. The van der Waals surface area contributed by atoms with E-state index < -0.39 is 16.9 Å². The number of hydrogen-bond donors (Lipinski definition) is 0. The molecule has 0 bridgehead atoms. The van der Waals surface area contributed by atoms with E-state index in [0.29, 0.717) is 35.7 Å². The lowest BCUT2D eigenvalue weighted by molar-refractivity contribution is 0.152. The number of carbonyl (C=O) groups excluding carboxylic acids is 1. The fourth-order valence-corrected chi connectivity index (χ4v) is 4.20. The van der Waals surface area contributed by atoms with E-state index in [0.717, 1.165) is 12.0 Å². The van der Waals surface area contributed by atoms with Crippen LogP contribution in [0.25, 0.3) is 11.0 Å². The van der Waals surface area contributed by atoms with E-state index in [1.165, 1.54) is 4.57 Å². The first kappa shape index (κ1) is 21.9. The minimum atomic E-state index is -1.62. The van der Waals surface area contributed by atoms with Crippen LogP contribution < -0.4 is 4.74 Å². The maximum atomic E-state index is 13.2. The highest BCUT2D eigenvalue weighted by molar-refractivity contribution is 7.84. The Labute approximate surface area is 177 Å². The van der Waals surface area contributed by atoms with Crippen molar-refractivity contribution in [1.82, 2.24) is 14.5 Å². The van der Waals surface area contributed by atoms with Crippen molar-refractivity contribution in [2.75, 3.05) is 26.9 Å². The number of benzene rings is 1. The third kappa shape index (κ3) is 4.85. The predicted molar refractivity (Wildman–Crippen MR) is 113 cm³/mol. The van der Waals surface area contributed by atoms with Crippen LogP contribution in [0.5, 0.6) is 5.75 Å². The third-order valence-electron chi connectivity index (χ3n) is 4.46. The number of fused-ring (bicyclic) bond motifs is 1. The van der Waals surface area contributed by atoms with Gasteiger partial charge in [0.1, 0.15) is 5.75 Å². The van der Waals surface area contributed by atoms with Crippen molar-refractivity contribution >= 4 is 27.9 Å². The van der Waals surface area contributed by atoms with E-state index in [2.05, 4.69) is 9.97 Å². The molecule has 0 saturated carbocycles. The number of nitrogens with zero attached hydrogens (tertiary/aromatic N) is 3. The highest BCUT2D eigenvalue weighted by atomic mass is 32.2. The Morgan fingerprint density at radius 3 is 2.77 bits per heavy atom. The SMILES string of the molecule is CCOC(=O)n1c(S(=O)Cc2nccc(OCCCOC)c2C)nc2ccccc21. The summed E-state index contributed by atoms with van der Waals surface area (Å²) >= 11 is 0. The van der Waals surface area contributed by atoms with Crippen molar-refractivity contribution in [1.29, 1.82) is 0 Å². The van der Waals surface area contributed by atoms with Crippen LogP contribution in [0, 0.1) is 6.92 Å². The molecule has 2 heterocycles. The quantitative estimate of drug-likeness (QED) is 0.479. The van der Waals surface area contributed by atoms with E-state index >= 15 is 0 Å². The molecule has 1 aromatic carbocycles. The van der Waals surface area contributed by atoms with E-state index in [1.54, 1.807) is 44.5 Å². The zero-order valence-corrected chi connectivity index (χ0v) is 18.1. The number of ether oxygens (including phenoxy) is 3. The highest BCUT2D eigenvalue weighted by Gasteiger charge is 2.23. The van der Waals surface area contributed by atoms with E-state index in [9.17, 15) is 9.00 Å². The number of hydrogen-bond acceptors (Lipinski definition) is 7. The van der Waals surface area contributed by atoms with E-state index in [4.69, 9.17) is 14.2 Å². The summed E-state index contributed by atoms with van der Waals surface area (Å²) in [7, 11) is 0.0304. The van der Waals surface area contributed by atoms with Gasteiger partial charge in [-0.3, -0.25) is 9.19 Å². The standard InChI is InChI=1S/C21H25N3O5S/c1-4-28-21(25)24-18-9-6-5-8-16(18)23-20(24)30(26)14-17-15(2)19(10-11-22-17)29-13-7-12-27-3/h5-6,8-11H,4,7,12-14H2,1-3H3. The van der Waals surface area contributed by atoms with Crippen LogP contribution >= 0.6 is 0 Å². The molecule has 3 rings (SSSR count). The Kier molecular flexibility index (Phi) is 7.53. The fourth-order valence-electron chi connectivity index (χ4n) is 2.96. The average molecular weight is 432 g/mol. The maximum absolute atomic E-state index is 13.2. The van der Waals surface area contributed by atoms with Crippen LogP contribution in [0.4, 0.5) is 4.79 Å². The van der Waals surface area contributed by atoms with Gasteiger partial charge in [0, 0.05) is 31.9 Å². The second kappa shape index (κ2) is 10.3. The third-order valence-corrected chi connectivity index (χ3v) is 5.68. The van der Waals surface area contributed by atoms with Crippen LogP contribution in [-0.2, 0) is 26.0 Å². The zero-order chi connectivity index (χ0) is 21.5. The Morgan fingerprint density at radius 1 is 1.20 bits per heavy atom. The van der Waals surface area contributed by atoms with Gasteiger partial charge in [-0.1, -0.05) is 12.1 Å². The molecule has 8 nitrogen and oxygen atoms in total. The molecule has 0 amide bonds. The number of para-hydroxylation sites is 2. The summed E-state index contributed by atoms with van der Waals surface area (Å²) in [5.41, 5.74) is 2.56. The predicted octanol–water partition coefficient (Wildman–Crippen LogP) is 3.47. The summed E-state index contributed by atoms with van der Waals surface area (Å²) in [4.78, 5) is 21.3. The molecule has 0 aliphatic rings. The normalized spacial score (nSPS) is 12.1. The lowest BCUT2D eigenvalue weighted by Crippen LogP contribution is -2.18. The highest BCUT2D eigenvalue weighted by Crippen LogP contribution is 2.24. The van der Waals surface area contributed by atoms with Crippen molar-refractivity contribution in [2.24, 2.45) is 0 Å². The van der Waals surface area contributed by atoms with Crippen molar-refractivity contribution in [2.45, 2.75) is 31.2 Å². The van der Waals surface area contributed by atoms with Crippen LogP contribution in [0.1, 0.15) is 24.6 Å². The first-order valence-electron chi connectivity index (χ1n) is 9.66. The van der Waals surface area contributed by atoms with Gasteiger partial charge in [-0.15, -0.1) is 0 Å². The van der Waals surface area contributed by atoms with Crippen LogP contribution in [0.3, 0.4) is 0 Å². The molecule has 0 spiro atoms. The van der Waals surface area contributed by atoms with Gasteiger partial charge in [0.2, 0.25) is 5.16 Å². The largest absolute Gasteiger partial charge is 0.493 e. The molecular weight excluding hydrogens is 406 g/mol. The topological polar surface area (TPSA) is 92.5 Å². The van der Waals surface area contributed by atoms with Crippen LogP contribution in [-0.4, -0.2) is 51.8 Å². The van der Waals surface area contributed by atoms with Crippen LogP contribution in [0.2, 0.25) is 0 Å². The molecule has 2 aromatic heterocycles. The second-order valence-corrected chi connectivity index (χ2v) is 7.83. The summed E-state index contributed by atoms with van der Waals surface area (Å²) in [6, 6.07) is 8.90. The first-order chi connectivity index (χ1) is 14.6. The van der Waals surface area contributed by atoms with E-state index in [1.807, 2.05) is 13.0 Å². The van der Waals surface area contributed by atoms with Crippen molar-refractivity contribution < 1.29 is 23.2 Å². The molecule has 1 atom stereocenters. The number of rotatable bonds is 9. The molecule has 1 unspecified atom stereocenters. The van der Waals surface area contributed by atoms with Gasteiger partial charge in [0.15, 0.2) is 0 Å². The Balaban J connectivity index is 1.87. The molecule has 0 saturated heterocycles. The zero-order valence-electron chi connectivity index (χ0n) is 17.3. The van der Waals surface area contributed by atoms with Crippen molar-refractivity contribution in [3.63, 3.8) is 0 Å². The number of imidazole rings is 1. The summed E-state index contributed by atoms with van der Waals surface area (Å²) < 4.78 is 30.4. The summed E-state index contributed by atoms with van der Waals surface area (Å²) in [6.07, 6.45) is 1.79. The van der Waals surface area contributed by atoms with Gasteiger partial charge < -0.3 is 14.2 Å². The first-order valence-corrected chi connectivity index (χ1v) is 11.0. The van der Waals surface area contributed by atoms with Crippen molar-refractivity contribution in [3.8, 4) is 5.75 Å². The van der Waals surface area contributed by atoms with Crippen molar-refractivity contribution in [3.05, 3.63) is 47.8 Å². The second-order valence-electron chi connectivity index (χ2n) is 6.48. The van der Waals surface area contributed by atoms with Gasteiger partial charge in [0.25, 0.3) is 0 Å². The smallest absolute Gasteiger partial charge is 0.420 e. The number of carbonyl (C=O) groups is 1. The molecule has 0 N–H and O–H groups in total. The summed E-state index contributed by atoms with van der Waals surface area (Å²) in [5.74, 6) is 0.788. The minimum Gasteiger partial charge on any atom is -0.493 e. The summed E-state index contributed by atoms with van der Waals surface area (Å²) in [5, 5.41) is 0.141. The number of pyridine rings is 1. The molecule has 3 aromatic rings. The van der Waals surface area contributed by atoms with Gasteiger partial charge >= 0.3 is 6.09 Å². The lowest BCUT2D eigenvalue weighted by atomic mass is 10.2. The maximum Gasteiger partial charge on any atom is 0.420 e. The molecule has 0 aliphatic carbocycles. The lowest BCUT2D eigenvalue weighted by Gasteiger charge is -2.12. The van der Waals surface area contributed by atoms with Gasteiger partial charge in [-0.05, 0) is 32.0 Å². The molecule has 0 aliphatic heterocycles.